The maximum Gasteiger partial charge on any atom is 0.573 e. The highest BCUT2D eigenvalue weighted by molar-refractivity contribution is 14.0. The van der Waals surface area contributed by atoms with Crippen molar-refractivity contribution in [2.24, 2.45) is 10.7 Å². The van der Waals surface area contributed by atoms with Gasteiger partial charge in [0.05, 0.1) is 6.54 Å². The summed E-state index contributed by atoms with van der Waals surface area (Å²) in [5.41, 5.74) is 9.23. The average Bonchev–Trinajstić information content (AvgIpc) is 2.72. The molecule has 1 saturated heterocycles. The maximum absolute atomic E-state index is 12.2. The van der Waals surface area contributed by atoms with E-state index >= 15 is 0 Å². The normalized spacial score (nSPS) is 16.3. The fourth-order valence-electron chi connectivity index (χ4n) is 3.76. The van der Waals surface area contributed by atoms with E-state index in [1.54, 1.807) is 0 Å². The van der Waals surface area contributed by atoms with Crippen LogP contribution in [0.3, 0.4) is 0 Å². The van der Waals surface area contributed by atoms with Gasteiger partial charge in [-0.2, -0.15) is 0 Å². The Bertz CT molecular complexity index is 867. The molecule has 3 rings (SSSR count). The van der Waals surface area contributed by atoms with Gasteiger partial charge in [0, 0.05) is 25.2 Å². The van der Waals surface area contributed by atoms with Crippen molar-refractivity contribution in [2.45, 2.75) is 38.1 Å². The Balaban J connectivity index is 0.00000341. The van der Waals surface area contributed by atoms with Crippen LogP contribution >= 0.6 is 24.0 Å². The molecule has 1 heterocycles. The molecule has 3 N–H and O–H groups in total. The largest absolute Gasteiger partial charge is 0.573 e. The van der Waals surface area contributed by atoms with Crippen LogP contribution in [-0.2, 0) is 16.7 Å². The zero-order valence-electron chi connectivity index (χ0n) is 17.2. The minimum Gasteiger partial charge on any atom is -0.406 e. The molecule has 0 amide bonds. The van der Waals surface area contributed by atoms with E-state index in [9.17, 15) is 13.2 Å². The highest BCUT2D eigenvalue weighted by Gasteiger charge is 2.35. The van der Waals surface area contributed by atoms with E-state index in [2.05, 4.69) is 34.1 Å². The summed E-state index contributed by atoms with van der Waals surface area (Å²) in [6.07, 6.45) is -2.93. The molecule has 0 spiro atoms. The minimum absolute atomic E-state index is 0. The molecular weight excluding hydrogens is 522 g/mol. The summed E-state index contributed by atoms with van der Waals surface area (Å²) in [5, 5.41) is 3.23. The number of hydrogen-bond donors (Lipinski definition) is 2. The summed E-state index contributed by atoms with van der Waals surface area (Å²) in [6, 6.07) is 13.9. The molecule has 0 unspecified atom stereocenters. The van der Waals surface area contributed by atoms with Gasteiger partial charge in [0.2, 0.25) is 0 Å². The zero-order chi connectivity index (χ0) is 21.6. The third kappa shape index (κ3) is 7.27. The summed E-state index contributed by atoms with van der Waals surface area (Å²) in [5.74, 6) is 0.0334. The van der Waals surface area contributed by atoms with Crippen molar-refractivity contribution in [3.8, 4) is 5.75 Å². The Morgan fingerprint density at radius 1 is 1.13 bits per heavy atom. The Hall–Kier alpha value is -2.01. The summed E-state index contributed by atoms with van der Waals surface area (Å²) >= 11 is 0. The smallest absolute Gasteiger partial charge is 0.406 e. The van der Waals surface area contributed by atoms with Gasteiger partial charge in [0.1, 0.15) is 5.75 Å². The first-order chi connectivity index (χ1) is 14.3. The molecule has 1 aliphatic rings. The fraction of sp³-hybridized carbons (Fsp3) is 0.409. The van der Waals surface area contributed by atoms with E-state index in [-0.39, 0.29) is 41.7 Å². The van der Waals surface area contributed by atoms with Crippen molar-refractivity contribution in [1.82, 2.24) is 5.32 Å². The van der Waals surface area contributed by atoms with Crippen LogP contribution in [0.2, 0.25) is 0 Å². The number of aryl methyl sites for hydroxylation is 1. The van der Waals surface area contributed by atoms with E-state index in [4.69, 9.17) is 10.5 Å². The number of nitrogens with zero attached hydrogens (tertiary/aromatic N) is 1. The number of ether oxygens (including phenoxy) is 2. The molecule has 170 valence electrons. The first kappa shape index (κ1) is 25.3. The van der Waals surface area contributed by atoms with Crippen molar-refractivity contribution >= 4 is 29.9 Å². The predicted octanol–water partition coefficient (Wildman–Crippen LogP) is 4.66. The molecule has 5 nitrogen and oxygen atoms in total. The van der Waals surface area contributed by atoms with E-state index in [0.717, 1.165) is 18.4 Å². The second-order valence-corrected chi connectivity index (χ2v) is 7.45. The van der Waals surface area contributed by atoms with Gasteiger partial charge in [-0.15, -0.1) is 37.1 Å². The Morgan fingerprint density at radius 3 is 2.39 bits per heavy atom. The highest BCUT2D eigenvalue weighted by Crippen LogP contribution is 2.36. The van der Waals surface area contributed by atoms with Crippen molar-refractivity contribution in [3.63, 3.8) is 0 Å². The number of hydrogen-bond acceptors (Lipinski definition) is 3. The van der Waals surface area contributed by atoms with E-state index in [0.29, 0.717) is 25.7 Å². The molecule has 0 aromatic heterocycles. The SMILES string of the molecule is Cc1ccccc1C1(CNC(N)=NCc2ccc(OC(F)(F)F)cc2)CCOCC1.I. The number of halogens is 4. The first-order valence-electron chi connectivity index (χ1n) is 9.80. The number of benzene rings is 2. The maximum atomic E-state index is 12.2. The fourth-order valence-corrected chi connectivity index (χ4v) is 3.76. The van der Waals surface area contributed by atoms with Gasteiger partial charge in [-0.3, -0.25) is 0 Å². The number of rotatable bonds is 6. The van der Waals surface area contributed by atoms with Gasteiger partial charge in [-0.1, -0.05) is 36.4 Å². The van der Waals surface area contributed by atoms with Crippen molar-refractivity contribution in [2.75, 3.05) is 19.8 Å². The van der Waals surface area contributed by atoms with Crippen LogP contribution in [0.25, 0.3) is 0 Å². The molecule has 2 aromatic rings. The van der Waals surface area contributed by atoms with Crippen molar-refractivity contribution in [1.29, 1.82) is 0 Å². The van der Waals surface area contributed by atoms with Crippen molar-refractivity contribution in [3.05, 3.63) is 65.2 Å². The second-order valence-electron chi connectivity index (χ2n) is 7.45. The highest BCUT2D eigenvalue weighted by atomic mass is 127. The standard InChI is InChI=1S/C22H26F3N3O2.HI/c1-16-4-2-3-5-19(16)21(10-12-29-13-11-21)15-28-20(26)27-14-17-6-8-18(9-7-17)30-22(23,24)25;/h2-9H,10-15H2,1H3,(H3,26,27,28);1H. The lowest BCUT2D eigenvalue weighted by molar-refractivity contribution is -0.274. The Kier molecular flexibility index (Phi) is 8.99. The molecule has 2 aromatic carbocycles. The molecule has 0 bridgehead atoms. The molecule has 0 radical (unpaired) electrons. The zero-order valence-corrected chi connectivity index (χ0v) is 19.6. The molecule has 1 fully saturated rings. The van der Waals surface area contributed by atoms with Crippen LogP contribution in [0, 0.1) is 6.92 Å². The average molecular weight is 549 g/mol. The summed E-state index contributed by atoms with van der Waals surface area (Å²) < 4.78 is 46.1. The third-order valence-corrected chi connectivity index (χ3v) is 5.36. The lowest BCUT2D eigenvalue weighted by Crippen LogP contribution is -2.47. The first-order valence-corrected chi connectivity index (χ1v) is 9.80. The van der Waals surface area contributed by atoms with Gasteiger partial charge < -0.3 is 20.5 Å². The molecule has 1 aliphatic heterocycles. The third-order valence-electron chi connectivity index (χ3n) is 5.36. The quantitative estimate of drug-likeness (QED) is 0.313. The van der Waals surface area contributed by atoms with Crippen LogP contribution in [0.5, 0.6) is 5.75 Å². The minimum atomic E-state index is -4.70. The Morgan fingerprint density at radius 2 is 1.77 bits per heavy atom. The lowest BCUT2D eigenvalue weighted by Gasteiger charge is -2.39. The second kappa shape index (κ2) is 11.0. The van der Waals surface area contributed by atoms with Gasteiger partial charge in [-0.25, -0.2) is 4.99 Å². The lowest BCUT2D eigenvalue weighted by atomic mass is 9.72. The predicted molar refractivity (Wildman–Crippen MR) is 125 cm³/mol. The number of alkyl halides is 3. The summed E-state index contributed by atoms with van der Waals surface area (Å²) in [6.45, 7) is 4.38. The molecule has 0 saturated carbocycles. The number of nitrogens with one attached hydrogen (secondary N) is 1. The van der Waals surface area contributed by atoms with Crippen LogP contribution in [0.15, 0.2) is 53.5 Å². The molecular formula is C22H27F3IN3O2. The summed E-state index contributed by atoms with van der Waals surface area (Å²) in [7, 11) is 0. The number of aliphatic imine (C=N–C) groups is 1. The van der Waals surface area contributed by atoms with Gasteiger partial charge >= 0.3 is 6.36 Å². The van der Waals surface area contributed by atoms with Crippen LogP contribution in [0.4, 0.5) is 13.2 Å². The molecule has 31 heavy (non-hydrogen) atoms. The number of guanidine groups is 1. The molecule has 9 heteroatoms. The van der Waals surface area contributed by atoms with Gasteiger partial charge in [0.25, 0.3) is 0 Å². The summed E-state index contributed by atoms with van der Waals surface area (Å²) in [4.78, 5) is 4.32. The van der Waals surface area contributed by atoms with Gasteiger partial charge in [-0.05, 0) is 48.6 Å². The van der Waals surface area contributed by atoms with Gasteiger partial charge in [0.15, 0.2) is 5.96 Å². The van der Waals surface area contributed by atoms with Crippen LogP contribution < -0.4 is 15.8 Å². The Labute approximate surface area is 197 Å². The van der Waals surface area contributed by atoms with Crippen LogP contribution in [-0.4, -0.2) is 32.1 Å². The molecule has 0 aliphatic carbocycles. The topological polar surface area (TPSA) is 68.9 Å². The van der Waals surface area contributed by atoms with E-state index in [1.165, 1.54) is 35.4 Å². The number of nitrogens with two attached hydrogens (primary N) is 1. The molecule has 0 atom stereocenters. The van der Waals surface area contributed by atoms with E-state index < -0.39 is 6.36 Å². The van der Waals surface area contributed by atoms with Crippen molar-refractivity contribution < 1.29 is 22.6 Å². The monoisotopic (exact) mass is 549 g/mol. The van der Waals surface area contributed by atoms with Crippen LogP contribution in [0.1, 0.15) is 29.5 Å². The van der Waals surface area contributed by atoms with E-state index in [1.807, 2.05) is 12.1 Å².